The van der Waals surface area contributed by atoms with Crippen molar-refractivity contribution in [2.24, 2.45) is 39.9 Å². The smallest absolute Gasteiger partial charge is 0.145 e. The van der Waals surface area contributed by atoms with E-state index in [1.54, 1.807) is 0 Å². The van der Waals surface area contributed by atoms with Gasteiger partial charge in [0.2, 0.25) is 0 Å². The van der Waals surface area contributed by atoms with E-state index in [0.29, 0.717) is 30.3 Å². The van der Waals surface area contributed by atoms with Gasteiger partial charge < -0.3 is 5.11 Å². The Morgan fingerprint density at radius 1 is 1.25 bits per heavy atom. The van der Waals surface area contributed by atoms with Crippen molar-refractivity contribution < 1.29 is 14.7 Å². The van der Waals surface area contributed by atoms with Crippen LogP contribution in [0.5, 0.6) is 0 Å². The molecule has 0 aromatic rings. The summed E-state index contributed by atoms with van der Waals surface area (Å²) in [5.74, 6) is 1.45. The van der Waals surface area contributed by atoms with Crippen LogP contribution in [0.3, 0.4) is 0 Å². The van der Waals surface area contributed by atoms with E-state index in [4.69, 9.17) is 0 Å². The molecule has 3 heterocycles. The Labute approximate surface area is 141 Å². The largest absolute Gasteiger partial charge is 0.375 e. The van der Waals surface area contributed by atoms with Crippen molar-refractivity contribution in [2.45, 2.75) is 50.8 Å². The van der Waals surface area contributed by atoms with Crippen LogP contribution in [-0.4, -0.2) is 39.9 Å². The summed E-state index contributed by atoms with van der Waals surface area (Å²) in [5.41, 5.74) is -0.0122. The number of hydrogen-bond acceptors (Lipinski definition) is 4. The molecular weight excluding hydrogens is 302 g/mol. The molecule has 0 aromatic carbocycles. The van der Waals surface area contributed by atoms with Gasteiger partial charge in [-0.2, -0.15) is 0 Å². The lowest BCUT2D eigenvalue weighted by molar-refractivity contribution is -0.217. The molecule has 9 rings (SSSR count). The highest BCUT2D eigenvalue weighted by Gasteiger charge is 2.92. The fourth-order valence-electron chi connectivity index (χ4n) is 10.1. The summed E-state index contributed by atoms with van der Waals surface area (Å²) in [6, 6.07) is 0.120. The van der Waals surface area contributed by atoms with E-state index in [2.05, 4.69) is 18.4 Å². The maximum Gasteiger partial charge on any atom is 0.145 e. The summed E-state index contributed by atoms with van der Waals surface area (Å²) in [6.45, 7) is 7.24. The van der Waals surface area contributed by atoms with Gasteiger partial charge >= 0.3 is 0 Å². The van der Waals surface area contributed by atoms with Gasteiger partial charge in [0, 0.05) is 48.6 Å². The van der Waals surface area contributed by atoms with Crippen LogP contribution in [0, 0.1) is 39.9 Å². The van der Waals surface area contributed by atoms with Gasteiger partial charge in [-0.25, -0.2) is 0 Å². The number of nitrogens with zero attached hydrogens (tertiary/aromatic N) is 1. The first-order valence-electron chi connectivity index (χ1n) is 9.50. The van der Waals surface area contributed by atoms with E-state index in [-0.39, 0.29) is 40.0 Å². The van der Waals surface area contributed by atoms with Crippen molar-refractivity contribution in [3.63, 3.8) is 0 Å². The highest BCUT2D eigenvalue weighted by Crippen LogP contribution is 2.88. The summed E-state index contributed by atoms with van der Waals surface area (Å²) < 4.78 is 0. The normalized spacial score (nSPS) is 70.0. The van der Waals surface area contributed by atoms with Gasteiger partial charge in [0.25, 0.3) is 0 Å². The second-order valence-corrected chi connectivity index (χ2v) is 10.5. The zero-order valence-electron chi connectivity index (χ0n) is 14.0. The van der Waals surface area contributed by atoms with Gasteiger partial charge in [0.15, 0.2) is 0 Å². The number of rotatable bonds is 0. The topological polar surface area (TPSA) is 57.6 Å². The van der Waals surface area contributed by atoms with Gasteiger partial charge in [-0.05, 0) is 36.0 Å². The molecule has 24 heavy (non-hydrogen) atoms. The molecule has 9 aliphatic rings. The van der Waals surface area contributed by atoms with Crippen molar-refractivity contribution in [1.82, 2.24) is 4.90 Å². The molecule has 9 fully saturated rings. The third-order valence-corrected chi connectivity index (χ3v) is 9.75. The molecule has 126 valence electrons. The molecule has 0 radical (unpaired) electrons. The number of ketones is 2. The first-order valence-corrected chi connectivity index (χ1v) is 9.50. The van der Waals surface area contributed by atoms with Crippen LogP contribution in [0.15, 0.2) is 12.2 Å². The number of carbonyl (C=O) groups excluding carboxylic acids is 2. The van der Waals surface area contributed by atoms with Crippen molar-refractivity contribution in [1.29, 1.82) is 0 Å². The van der Waals surface area contributed by atoms with Crippen LogP contribution in [0.2, 0.25) is 0 Å². The third kappa shape index (κ3) is 0.893. The number of aliphatic hydroxyl groups is 1. The minimum absolute atomic E-state index is 0.0249. The second-order valence-electron chi connectivity index (χ2n) is 10.5. The highest BCUT2D eigenvalue weighted by molar-refractivity contribution is 5.93. The van der Waals surface area contributed by atoms with E-state index in [1.165, 1.54) is 0 Å². The lowest BCUT2D eigenvalue weighted by Gasteiger charge is -2.63. The van der Waals surface area contributed by atoms with Crippen LogP contribution in [0.25, 0.3) is 0 Å². The average molecular weight is 325 g/mol. The summed E-state index contributed by atoms with van der Waals surface area (Å²) >= 11 is 0. The van der Waals surface area contributed by atoms with Gasteiger partial charge in [0.1, 0.15) is 17.3 Å². The number of fused-ring (bicyclic) bond motifs is 1. The fraction of sp³-hybridized carbons (Fsp3) is 0.800. The molecule has 3 aliphatic heterocycles. The monoisotopic (exact) mass is 325 g/mol. The molecule has 0 aromatic heterocycles. The molecule has 3 unspecified atom stereocenters. The molecule has 2 spiro atoms. The van der Waals surface area contributed by atoms with Crippen LogP contribution in [0.1, 0.15) is 39.0 Å². The lowest BCUT2D eigenvalue weighted by atomic mass is 9.40. The van der Waals surface area contributed by atoms with Gasteiger partial charge in [-0.15, -0.1) is 0 Å². The third-order valence-electron chi connectivity index (χ3n) is 9.75. The Kier molecular flexibility index (Phi) is 1.71. The fourth-order valence-corrected chi connectivity index (χ4v) is 10.1. The maximum absolute atomic E-state index is 13.3. The Morgan fingerprint density at radius 2 is 2.04 bits per heavy atom. The van der Waals surface area contributed by atoms with Crippen molar-refractivity contribution in [3.05, 3.63) is 12.2 Å². The van der Waals surface area contributed by atoms with Crippen molar-refractivity contribution >= 4 is 11.6 Å². The first kappa shape index (κ1) is 13.2. The molecule has 1 N–H and O–H groups in total. The molecule has 3 saturated heterocycles. The van der Waals surface area contributed by atoms with E-state index >= 15 is 0 Å². The Balaban J connectivity index is 1.57. The molecule has 6 saturated carbocycles. The molecule has 4 heteroatoms. The van der Waals surface area contributed by atoms with E-state index in [0.717, 1.165) is 31.4 Å². The zero-order valence-corrected chi connectivity index (χ0v) is 14.0. The first-order chi connectivity index (χ1) is 11.3. The summed E-state index contributed by atoms with van der Waals surface area (Å²) in [4.78, 5) is 28.3. The van der Waals surface area contributed by atoms with Crippen molar-refractivity contribution in [2.75, 3.05) is 6.54 Å². The average Bonchev–Trinajstić information content (AvgIpc) is 2.80. The van der Waals surface area contributed by atoms with Gasteiger partial charge in [-0.3, -0.25) is 14.5 Å². The van der Waals surface area contributed by atoms with E-state index in [9.17, 15) is 14.7 Å². The van der Waals surface area contributed by atoms with Gasteiger partial charge in [0.05, 0.1) is 0 Å². The number of hydrogen-bond donors (Lipinski definition) is 1. The number of carbonyl (C=O) groups is 2. The lowest BCUT2D eigenvalue weighted by Crippen LogP contribution is -2.66. The molecule has 0 amide bonds. The maximum atomic E-state index is 13.3. The second kappa shape index (κ2) is 3.09. The summed E-state index contributed by atoms with van der Waals surface area (Å²) in [6.07, 6.45) is 3.75. The molecular formula is C20H23NO3. The summed E-state index contributed by atoms with van der Waals surface area (Å²) in [7, 11) is 0. The minimum Gasteiger partial charge on any atom is -0.375 e. The minimum atomic E-state index is -0.780. The molecule has 6 aliphatic carbocycles. The van der Waals surface area contributed by atoms with Crippen LogP contribution < -0.4 is 0 Å². The van der Waals surface area contributed by atoms with E-state index < -0.39 is 5.72 Å². The van der Waals surface area contributed by atoms with Crippen LogP contribution in [-0.2, 0) is 9.59 Å². The molecule has 10 atom stereocenters. The predicted octanol–water partition coefficient (Wildman–Crippen LogP) is 1.53. The van der Waals surface area contributed by atoms with E-state index in [1.807, 2.05) is 0 Å². The molecule has 9 bridgehead atoms. The quantitative estimate of drug-likeness (QED) is 0.686. The van der Waals surface area contributed by atoms with Crippen molar-refractivity contribution in [3.8, 4) is 0 Å². The SMILES string of the molecule is C=C1C[C@]23C[C@@]4(O)[C@@H]5[C@@]6(C)CC(=O)C[C@]57C(C2C(=O)[C@H]1C[C@H]37)N4C6. The zero-order chi connectivity index (χ0) is 16.4. The Hall–Kier alpha value is -1.00. The number of piperidine rings is 2. The number of Topliss-reactive ketones (excluding diaryl/α,β-unsaturated/α-hetero) is 2. The van der Waals surface area contributed by atoms with Gasteiger partial charge in [-0.1, -0.05) is 19.1 Å². The highest BCUT2D eigenvalue weighted by atomic mass is 16.3. The predicted molar refractivity (Wildman–Crippen MR) is 84.6 cm³/mol. The summed E-state index contributed by atoms with van der Waals surface area (Å²) in [5, 5.41) is 11.8. The standard InChI is InChI=1S/C20H23NO3/c1-9-4-18-7-20(24)16-17(2)5-10(22)6-19(16)12(18)3-11(9)14(23)13(18)15(19)21(20)8-17/h11-13,15-16,24H,1,3-8H2,2H3/t11-,12+,13?,15?,16+,17-,18+,19-,20+/m0/s1. The van der Waals surface area contributed by atoms with Crippen LogP contribution in [0.4, 0.5) is 0 Å². The van der Waals surface area contributed by atoms with Crippen LogP contribution >= 0.6 is 0 Å². The Morgan fingerprint density at radius 3 is 2.83 bits per heavy atom. The number of allylic oxidation sites excluding steroid dienone is 1. The Bertz CT molecular complexity index is 805. The molecule has 4 nitrogen and oxygen atoms in total.